The summed E-state index contributed by atoms with van der Waals surface area (Å²) in [6.07, 6.45) is 1.59. The number of nitrogens with one attached hydrogen (secondary N) is 3. The Bertz CT molecular complexity index is 1870. The van der Waals surface area contributed by atoms with Crippen LogP contribution in [0.25, 0.3) is 17.3 Å². The van der Waals surface area contributed by atoms with Crippen molar-refractivity contribution in [3.05, 3.63) is 125 Å². The zero-order valence-electron chi connectivity index (χ0n) is 25.7. The standard InChI is InChI=1S/C36H32N4O5S2/c1-3-45-32-15-8-7-12-26(32)21-30(38-34(42)24-10-5-4-6-11-24)35(43)37-27-16-18-29(19-17-27)46-23-33(41)40-36-39-31(22-47-36)25-13-9-14-28(20-25)44-2/h4-22H,3,23H2,1-2H3,(H,37,43)(H,38,42)(H,39,40,41)/b30-21-. The molecule has 4 aromatic carbocycles. The average molecular weight is 665 g/mol. The van der Waals surface area contributed by atoms with E-state index in [1.807, 2.05) is 73.0 Å². The Morgan fingerprint density at radius 3 is 2.43 bits per heavy atom. The van der Waals surface area contributed by atoms with Gasteiger partial charge in [-0.2, -0.15) is 0 Å². The van der Waals surface area contributed by atoms with E-state index in [9.17, 15) is 14.4 Å². The molecule has 3 N–H and O–H groups in total. The summed E-state index contributed by atoms with van der Waals surface area (Å²) in [6.45, 7) is 2.32. The third kappa shape index (κ3) is 9.32. The summed E-state index contributed by atoms with van der Waals surface area (Å²) in [6, 6.07) is 30.6. The number of anilines is 2. The van der Waals surface area contributed by atoms with Gasteiger partial charge in [-0.25, -0.2) is 4.98 Å². The van der Waals surface area contributed by atoms with Gasteiger partial charge in [-0.3, -0.25) is 14.4 Å². The van der Waals surface area contributed by atoms with E-state index in [1.54, 1.807) is 55.7 Å². The van der Waals surface area contributed by atoms with Crippen molar-refractivity contribution in [2.24, 2.45) is 0 Å². The van der Waals surface area contributed by atoms with Crippen LogP contribution in [0, 0.1) is 0 Å². The topological polar surface area (TPSA) is 119 Å². The molecule has 0 atom stereocenters. The summed E-state index contributed by atoms with van der Waals surface area (Å²) in [4.78, 5) is 44.4. The van der Waals surface area contributed by atoms with Gasteiger partial charge in [0.2, 0.25) is 5.91 Å². The zero-order chi connectivity index (χ0) is 33.0. The third-order valence-electron chi connectivity index (χ3n) is 6.65. The van der Waals surface area contributed by atoms with Crippen LogP contribution in [0.3, 0.4) is 0 Å². The van der Waals surface area contributed by atoms with Crippen LogP contribution in [0.15, 0.2) is 119 Å². The number of benzene rings is 4. The number of hydrogen-bond acceptors (Lipinski definition) is 8. The number of ether oxygens (including phenoxy) is 2. The second-order valence-corrected chi connectivity index (χ2v) is 11.8. The van der Waals surface area contributed by atoms with Gasteiger partial charge in [0.05, 0.1) is 25.2 Å². The second-order valence-electron chi connectivity index (χ2n) is 9.93. The normalized spacial score (nSPS) is 11.0. The molecule has 0 radical (unpaired) electrons. The van der Waals surface area contributed by atoms with Gasteiger partial charge in [0.25, 0.3) is 11.8 Å². The Labute approximate surface area is 281 Å². The summed E-state index contributed by atoms with van der Waals surface area (Å²) in [5.74, 6) is 0.398. The van der Waals surface area contributed by atoms with Gasteiger partial charge in [0.15, 0.2) is 5.13 Å². The first-order valence-corrected chi connectivity index (χ1v) is 16.5. The second kappa shape index (κ2) is 16.3. The average Bonchev–Trinajstić information content (AvgIpc) is 3.57. The number of carbonyl (C=O) groups excluding carboxylic acids is 3. The molecule has 5 aromatic rings. The Morgan fingerprint density at radius 1 is 0.894 bits per heavy atom. The number of thiazole rings is 1. The molecular formula is C36H32N4O5S2. The number of hydrogen-bond donors (Lipinski definition) is 3. The summed E-state index contributed by atoms with van der Waals surface area (Å²) in [5.41, 5.74) is 3.30. The Hall–Kier alpha value is -5.39. The molecule has 0 aliphatic carbocycles. The first-order valence-electron chi connectivity index (χ1n) is 14.7. The fraction of sp³-hybridized carbons (Fsp3) is 0.111. The third-order valence-corrected chi connectivity index (χ3v) is 8.42. The van der Waals surface area contributed by atoms with Gasteiger partial charge in [-0.1, -0.05) is 48.5 Å². The first-order chi connectivity index (χ1) is 22.9. The molecule has 1 heterocycles. The zero-order valence-corrected chi connectivity index (χ0v) is 27.3. The molecule has 0 fully saturated rings. The SMILES string of the molecule is CCOc1ccccc1/C=C(\NC(=O)c1ccccc1)C(=O)Nc1ccc(SCC(=O)Nc2nc(-c3cccc(OC)c3)cs2)cc1. The maximum Gasteiger partial charge on any atom is 0.272 e. The number of methoxy groups -OCH3 is 1. The fourth-order valence-electron chi connectivity index (χ4n) is 4.37. The van der Waals surface area contributed by atoms with Crippen molar-refractivity contribution in [2.75, 3.05) is 30.1 Å². The van der Waals surface area contributed by atoms with Crippen LogP contribution in [0.4, 0.5) is 10.8 Å². The lowest BCUT2D eigenvalue weighted by molar-refractivity contribution is -0.114. The minimum absolute atomic E-state index is 0.0536. The van der Waals surface area contributed by atoms with E-state index in [0.29, 0.717) is 34.3 Å². The number of aromatic nitrogens is 1. The summed E-state index contributed by atoms with van der Waals surface area (Å²) in [5, 5.41) is 10.8. The highest BCUT2D eigenvalue weighted by molar-refractivity contribution is 8.00. The highest BCUT2D eigenvalue weighted by atomic mass is 32.2. The lowest BCUT2D eigenvalue weighted by atomic mass is 10.1. The van der Waals surface area contributed by atoms with Crippen LogP contribution in [0.5, 0.6) is 11.5 Å². The lowest BCUT2D eigenvalue weighted by Crippen LogP contribution is -2.30. The molecule has 47 heavy (non-hydrogen) atoms. The van der Waals surface area contributed by atoms with E-state index in [0.717, 1.165) is 21.9 Å². The Balaban J connectivity index is 1.20. The predicted molar refractivity (Wildman–Crippen MR) is 188 cm³/mol. The molecule has 0 spiro atoms. The Kier molecular flexibility index (Phi) is 11.4. The highest BCUT2D eigenvalue weighted by Crippen LogP contribution is 2.28. The van der Waals surface area contributed by atoms with Crippen LogP contribution < -0.4 is 25.4 Å². The van der Waals surface area contributed by atoms with E-state index in [2.05, 4.69) is 20.9 Å². The van der Waals surface area contributed by atoms with Crippen molar-refractivity contribution < 1.29 is 23.9 Å². The highest BCUT2D eigenvalue weighted by Gasteiger charge is 2.16. The van der Waals surface area contributed by atoms with Crippen LogP contribution in [0.1, 0.15) is 22.8 Å². The Morgan fingerprint density at radius 2 is 1.66 bits per heavy atom. The van der Waals surface area contributed by atoms with Gasteiger partial charge in [0.1, 0.15) is 17.2 Å². The number of amides is 3. The van der Waals surface area contributed by atoms with Gasteiger partial charge < -0.3 is 25.4 Å². The van der Waals surface area contributed by atoms with E-state index >= 15 is 0 Å². The van der Waals surface area contributed by atoms with Crippen LogP contribution in [-0.2, 0) is 9.59 Å². The van der Waals surface area contributed by atoms with E-state index in [1.165, 1.54) is 23.1 Å². The molecule has 0 saturated heterocycles. The quantitative estimate of drug-likeness (QED) is 0.0889. The maximum absolute atomic E-state index is 13.4. The molecule has 0 unspecified atom stereocenters. The molecule has 9 nitrogen and oxygen atoms in total. The molecule has 0 bridgehead atoms. The minimum atomic E-state index is -0.503. The van der Waals surface area contributed by atoms with Crippen molar-refractivity contribution in [3.8, 4) is 22.8 Å². The van der Waals surface area contributed by atoms with Gasteiger partial charge in [-0.15, -0.1) is 23.1 Å². The number of para-hydroxylation sites is 1. The minimum Gasteiger partial charge on any atom is -0.497 e. The van der Waals surface area contributed by atoms with Crippen molar-refractivity contribution in [1.29, 1.82) is 0 Å². The lowest BCUT2D eigenvalue weighted by Gasteiger charge is -2.13. The monoisotopic (exact) mass is 664 g/mol. The number of carbonyl (C=O) groups is 3. The summed E-state index contributed by atoms with van der Waals surface area (Å²) < 4.78 is 11.0. The number of thioether (sulfide) groups is 1. The maximum atomic E-state index is 13.4. The van der Waals surface area contributed by atoms with Crippen LogP contribution in [0.2, 0.25) is 0 Å². The number of nitrogens with zero attached hydrogens (tertiary/aromatic N) is 1. The van der Waals surface area contributed by atoms with Crippen molar-refractivity contribution >= 4 is 57.7 Å². The summed E-state index contributed by atoms with van der Waals surface area (Å²) in [7, 11) is 1.61. The predicted octanol–water partition coefficient (Wildman–Crippen LogP) is 7.36. The molecule has 1 aromatic heterocycles. The molecule has 5 rings (SSSR count). The first kappa shape index (κ1) is 33.0. The molecule has 11 heteroatoms. The van der Waals surface area contributed by atoms with Crippen molar-refractivity contribution in [1.82, 2.24) is 10.3 Å². The smallest absolute Gasteiger partial charge is 0.272 e. The molecule has 0 aliphatic heterocycles. The molecule has 3 amide bonds. The van der Waals surface area contributed by atoms with Gasteiger partial charge in [0, 0.05) is 32.7 Å². The van der Waals surface area contributed by atoms with Crippen LogP contribution in [-0.4, -0.2) is 42.2 Å². The largest absolute Gasteiger partial charge is 0.497 e. The van der Waals surface area contributed by atoms with Crippen molar-refractivity contribution in [2.45, 2.75) is 11.8 Å². The summed E-state index contributed by atoms with van der Waals surface area (Å²) >= 11 is 2.71. The van der Waals surface area contributed by atoms with Crippen molar-refractivity contribution in [3.63, 3.8) is 0 Å². The van der Waals surface area contributed by atoms with Gasteiger partial charge >= 0.3 is 0 Å². The van der Waals surface area contributed by atoms with Gasteiger partial charge in [-0.05, 0) is 67.6 Å². The molecular weight excluding hydrogens is 633 g/mol. The van der Waals surface area contributed by atoms with Crippen LogP contribution >= 0.6 is 23.1 Å². The van der Waals surface area contributed by atoms with E-state index in [4.69, 9.17) is 9.47 Å². The number of rotatable bonds is 13. The molecule has 0 aliphatic rings. The molecule has 238 valence electrons. The molecule has 0 saturated carbocycles. The van der Waals surface area contributed by atoms with E-state index in [-0.39, 0.29) is 17.4 Å². The fourth-order valence-corrected chi connectivity index (χ4v) is 5.80. The van der Waals surface area contributed by atoms with E-state index < -0.39 is 11.8 Å².